The van der Waals surface area contributed by atoms with Crippen LogP contribution >= 0.6 is 0 Å². The number of hydrogen-bond acceptors (Lipinski definition) is 1. The zero-order valence-electron chi connectivity index (χ0n) is 36.4. The second-order valence-electron chi connectivity index (χ2n) is 17.7. The molecule has 51 heavy (non-hydrogen) atoms. The average Bonchev–Trinajstić information content (AvgIpc) is 3.13. The summed E-state index contributed by atoms with van der Waals surface area (Å²) in [6, 6.07) is 0. The van der Waals surface area contributed by atoms with Crippen molar-refractivity contribution in [3.05, 3.63) is 0 Å². The van der Waals surface area contributed by atoms with Crippen LogP contribution in [0.2, 0.25) is 0 Å². The van der Waals surface area contributed by atoms with Crippen LogP contribution < -0.4 is 0 Å². The van der Waals surface area contributed by atoms with Gasteiger partial charge in [0.05, 0.1) is 26.7 Å². The molecule has 0 rings (SSSR count). The fraction of sp³-hybridized carbons (Fsp3) is 1.00. The van der Waals surface area contributed by atoms with Gasteiger partial charge in [-0.05, 0) is 38.5 Å². The quantitative estimate of drug-likeness (QED) is 0.0490. The zero-order valence-corrected chi connectivity index (χ0v) is 36.4. The minimum absolute atomic E-state index is 0.360. The van der Waals surface area contributed by atoms with E-state index in [1.54, 1.807) is 0 Å². The van der Waals surface area contributed by atoms with Crippen LogP contribution in [0.5, 0.6) is 0 Å². The van der Waals surface area contributed by atoms with Crippen LogP contribution in [-0.2, 0) is 0 Å². The van der Waals surface area contributed by atoms with E-state index in [0.717, 1.165) is 6.42 Å². The maximum atomic E-state index is 9.36. The highest BCUT2D eigenvalue weighted by atomic mass is 16.2. The summed E-state index contributed by atoms with van der Waals surface area (Å²) in [7, 11) is 2.52. The van der Waals surface area contributed by atoms with Gasteiger partial charge in [-0.2, -0.15) is 0 Å². The van der Waals surface area contributed by atoms with Gasteiger partial charge >= 0.3 is 0 Å². The van der Waals surface area contributed by atoms with Gasteiger partial charge in [0, 0.05) is 6.61 Å². The van der Waals surface area contributed by atoms with Gasteiger partial charge in [-0.3, -0.25) is 0 Å². The van der Waals surface area contributed by atoms with Crippen LogP contribution in [0, 0.1) is 0 Å². The molecule has 0 aromatic carbocycles. The van der Waals surface area contributed by atoms with Crippen LogP contribution in [0.4, 0.5) is 0 Å². The molecule has 2 nitrogen and oxygen atoms in total. The van der Waals surface area contributed by atoms with Crippen molar-refractivity contribution in [1.82, 2.24) is 0 Å². The Morgan fingerprint density at radius 1 is 0.235 bits per heavy atom. The topological polar surface area (TPSA) is 20.2 Å². The number of rotatable bonds is 46. The lowest BCUT2D eigenvalue weighted by Gasteiger charge is -2.35. The highest BCUT2D eigenvalue weighted by Crippen LogP contribution is 2.18. The number of hydrogen-bond donors (Lipinski definition) is 1. The maximum Gasteiger partial charge on any atom is 0.0785 e. The Bertz CT molecular complexity index is 561. The van der Waals surface area contributed by atoms with Crippen LogP contribution in [-0.4, -0.2) is 42.9 Å². The number of quaternary nitrogens is 1. The first-order valence-corrected chi connectivity index (χ1v) is 24.6. The Kier molecular flexibility index (Phi) is 44.2. The van der Waals surface area contributed by atoms with Crippen molar-refractivity contribution < 1.29 is 9.59 Å². The molecule has 2 heteroatoms. The van der Waals surface area contributed by atoms with Crippen molar-refractivity contribution in [2.45, 2.75) is 284 Å². The predicted molar refractivity (Wildman–Crippen MR) is 233 cm³/mol. The molecule has 0 fully saturated rings. The minimum atomic E-state index is 0.360. The Balaban J connectivity index is 3.60. The van der Waals surface area contributed by atoms with Crippen LogP contribution in [0.15, 0.2) is 0 Å². The van der Waals surface area contributed by atoms with E-state index >= 15 is 0 Å². The van der Waals surface area contributed by atoms with Gasteiger partial charge in [-0.15, -0.1) is 0 Å². The highest BCUT2D eigenvalue weighted by molar-refractivity contribution is 4.54. The van der Waals surface area contributed by atoms with Crippen molar-refractivity contribution in [2.24, 2.45) is 0 Å². The fourth-order valence-electron chi connectivity index (χ4n) is 8.44. The van der Waals surface area contributed by atoms with Crippen molar-refractivity contribution >= 4 is 0 Å². The molecule has 1 N–H and O–H groups in total. The molecular formula is C49H102NO+. The van der Waals surface area contributed by atoms with Crippen LogP contribution in [0.25, 0.3) is 0 Å². The van der Waals surface area contributed by atoms with Gasteiger partial charge in [0.2, 0.25) is 0 Å². The molecule has 0 saturated heterocycles. The highest BCUT2D eigenvalue weighted by Gasteiger charge is 2.20. The molecule has 308 valence electrons. The third-order valence-electron chi connectivity index (χ3n) is 12.2. The first-order valence-electron chi connectivity index (χ1n) is 24.6. The summed E-state index contributed by atoms with van der Waals surface area (Å²) in [6.45, 7) is 8.94. The van der Waals surface area contributed by atoms with E-state index in [9.17, 15) is 5.11 Å². The van der Waals surface area contributed by atoms with Gasteiger partial charge < -0.3 is 9.59 Å². The van der Waals surface area contributed by atoms with Crippen LogP contribution in [0.1, 0.15) is 284 Å². The van der Waals surface area contributed by atoms with Gasteiger partial charge in [-0.25, -0.2) is 0 Å². The monoisotopic (exact) mass is 721 g/mol. The van der Waals surface area contributed by atoms with E-state index in [2.05, 4.69) is 20.9 Å². The first kappa shape index (κ1) is 50.9. The lowest BCUT2D eigenvalue weighted by atomic mass is 10.0. The van der Waals surface area contributed by atoms with Crippen molar-refractivity contribution in [3.63, 3.8) is 0 Å². The fourth-order valence-corrected chi connectivity index (χ4v) is 8.44. The van der Waals surface area contributed by atoms with Gasteiger partial charge in [-0.1, -0.05) is 245 Å². The number of aliphatic hydroxyl groups is 1. The Morgan fingerprint density at radius 3 is 0.569 bits per heavy atom. The molecule has 0 atom stereocenters. The predicted octanol–water partition coefficient (Wildman–Crippen LogP) is 16.8. The molecule has 0 radical (unpaired) electrons. The molecular weight excluding hydrogens is 619 g/mol. The second-order valence-corrected chi connectivity index (χ2v) is 17.7. The summed E-state index contributed by atoms with van der Waals surface area (Å²) in [6.07, 6.45) is 60.4. The molecule has 0 heterocycles. The number of aliphatic hydroxyl groups excluding tert-OH is 1. The number of nitrogens with zero attached hydrogens (tertiary/aromatic N) is 1. The SMILES string of the molecule is CCCCCCCCCCCCCCCCCCCCCC[N+](C)(CCCCO)CCCCCCCCCCCCCCCCCCCCCC. The third kappa shape index (κ3) is 42.5. The summed E-state index contributed by atoms with van der Waals surface area (Å²) in [5.74, 6) is 0. The van der Waals surface area contributed by atoms with Crippen molar-refractivity contribution in [3.8, 4) is 0 Å². The summed E-state index contributed by atoms with van der Waals surface area (Å²) >= 11 is 0. The average molecular weight is 721 g/mol. The molecule has 0 bridgehead atoms. The normalized spacial score (nSPS) is 12.0. The summed E-state index contributed by atoms with van der Waals surface area (Å²) in [5, 5.41) is 9.36. The molecule has 0 amide bonds. The van der Waals surface area contributed by atoms with E-state index in [0.29, 0.717) is 6.61 Å². The van der Waals surface area contributed by atoms with Crippen molar-refractivity contribution in [2.75, 3.05) is 33.3 Å². The summed E-state index contributed by atoms with van der Waals surface area (Å²) < 4.78 is 1.25. The Hall–Kier alpha value is -0.0800. The first-order chi connectivity index (χ1) is 25.2. The molecule has 0 aliphatic rings. The summed E-state index contributed by atoms with van der Waals surface area (Å²) in [4.78, 5) is 0. The lowest BCUT2D eigenvalue weighted by molar-refractivity contribution is -0.910. The Labute approximate surface area is 325 Å². The van der Waals surface area contributed by atoms with Gasteiger partial charge in [0.1, 0.15) is 0 Å². The van der Waals surface area contributed by atoms with Gasteiger partial charge in [0.15, 0.2) is 0 Å². The molecule has 0 aromatic heterocycles. The smallest absolute Gasteiger partial charge is 0.0785 e. The van der Waals surface area contributed by atoms with E-state index in [1.807, 2.05) is 0 Å². The van der Waals surface area contributed by atoms with E-state index in [-0.39, 0.29) is 0 Å². The standard InChI is InChI=1S/C49H102NO/c1-4-6-8-10-12-14-16-18-20-22-24-26-28-30-32-34-36-38-40-42-46-50(3,48-44-45-49-51)47-43-41-39-37-35-33-31-29-27-25-23-21-19-17-15-13-11-9-7-5-2/h51H,4-49H2,1-3H3/q+1. The molecule has 0 aliphatic heterocycles. The third-order valence-corrected chi connectivity index (χ3v) is 12.2. The maximum absolute atomic E-state index is 9.36. The molecule has 0 unspecified atom stereocenters. The van der Waals surface area contributed by atoms with E-state index in [4.69, 9.17) is 0 Å². The van der Waals surface area contributed by atoms with E-state index in [1.165, 1.54) is 287 Å². The molecule has 0 aliphatic carbocycles. The van der Waals surface area contributed by atoms with E-state index < -0.39 is 0 Å². The molecule has 0 spiro atoms. The lowest BCUT2D eigenvalue weighted by Crippen LogP contribution is -2.46. The second kappa shape index (κ2) is 44.3. The Morgan fingerprint density at radius 2 is 0.392 bits per heavy atom. The largest absolute Gasteiger partial charge is 0.396 e. The molecule has 0 aromatic rings. The molecule has 0 saturated carbocycles. The van der Waals surface area contributed by atoms with Crippen molar-refractivity contribution in [1.29, 1.82) is 0 Å². The zero-order chi connectivity index (χ0) is 37.0. The van der Waals surface area contributed by atoms with Crippen LogP contribution in [0.3, 0.4) is 0 Å². The summed E-state index contributed by atoms with van der Waals surface area (Å²) in [5.41, 5.74) is 0. The minimum Gasteiger partial charge on any atom is -0.396 e. The number of unbranched alkanes of at least 4 members (excludes halogenated alkanes) is 39. The van der Waals surface area contributed by atoms with Gasteiger partial charge in [0.25, 0.3) is 0 Å².